The second-order valence-electron chi connectivity index (χ2n) is 2.28. The fraction of sp³-hybridized carbons (Fsp3) is 0.375. The summed E-state index contributed by atoms with van der Waals surface area (Å²) in [4.78, 5) is 10.1. The maximum atomic E-state index is 12.9. The summed E-state index contributed by atoms with van der Waals surface area (Å²) in [5, 5.41) is 10.1. The van der Waals surface area contributed by atoms with Crippen LogP contribution in [0.4, 0.5) is 8.78 Å². The first-order chi connectivity index (χ1) is 7.31. The normalized spacial score (nSPS) is 10.8. The molecule has 0 amide bonds. The van der Waals surface area contributed by atoms with Gasteiger partial charge in [-0.25, -0.2) is 0 Å². The van der Waals surface area contributed by atoms with Crippen molar-refractivity contribution < 1.29 is 51.2 Å². The molecule has 0 aliphatic carbocycles. The van der Waals surface area contributed by atoms with Gasteiger partial charge in [0, 0.05) is 0 Å². The molecular weight excluding hydrogens is 252 g/mol. The number of carbonyl (C=O) groups is 1. The molecule has 0 aliphatic heterocycles. The van der Waals surface area contributed by atoms with Gasteiger partial charge in [0.25, 0.3) is 0 Å². The molecule has 0 bridgehead atoms. The number of carboxylic acid groups (broad SMARTS) is 1. The summed E-state index contributed by atoms with van der Waals surface area (Å²) in [6.45, 7) is -1.63. The Hall–Kier alpha value is -0.803. The fourth-order valence-electron chi connectivity index (χ4n) is 0.556. The van der Waals surface area contributed by atoms with Gasteiger partial charge in [0.1, 0.15) is 19.2 Å². The Labute approximate surface area is 109 Å². The van der Waals surface area contributed by atoms with Gasteiger partial charge < -0.3 is 9.90 Å². The molecule has 0 heterocycles. The van der Waals surface area contributed by atoms with Crippen molar-refractivity contribution in [2.24, 2.45) is 0 Å². The third-order valence-electron chi connectivity index (χ3n) is 1.23. The molecule has 0 saturated heterocycles. The molecule has 9 heteroatoms. The summed E-state index contributed by atoms with van der Waals surface area (Å²) in [6, 6.07) is 0. The van der Waals surface area contributed by atoms with Crippen molar-refractivity contribution in [1.82, 2.24) is 0 Å². The van der Waals surface area contributed by atoms with Crippen molar-refractivity contribution in [3.05, 3.63) is 0 Å². The first-order valence-corrected chi connectivity index (χ1v) is 5.21. The number of hydrogen-bond donors (Lipinski definition) is 0. The number of rotatable bonds is 6. The van der Waals surface area contributed by atoms with Crippen molar-refractivity contribution >= 4 is 13.6 Å². The molecule has 0 aromatic rings. The second-order valence-corrected chi connectivity index (χ2v) is 4.35. The Morgan fingerprint density at radius 3 is 1.88 bits per heavy atom. The summed E-state index contributed by atoms with van der Waals surface area (Å²) in [7, 11) is -5.29. The van der Waals surface area contributed by atoms with E-state index >= 15 is 0 Å². The van der Waals surface area contributed by atoms with Crippen LogP contribution in [-0.4, -0.2) is 24.8 Å². The van der Waals surface area contributed by atoms with Crippen LogP contribution in [0.2, 0.25) is 0 Å². The van der Waals surface area contributed by atoms with Gasteiger partial charge in [-0.1, -0.05) is 11.8 Å². The van der Waals surface area contributed by atoms with Crippen LogP contribution in [0, 0.1) is 24.7 Å². The Morgan fingerprint density at radius 2 is 1.65 bits per heavy atom. The van der Waals surface area contributed by atoms with Crippen LogP contribution >= 0.6 is 7.60 Å². The number of aliphatic carboxylic acids is 1. The smallest absolute Gasteiger partial charge is 0.543 e. The van der Waals surface area contributed by atoms with Gasteiger partial charge in [-0.3, -0.25) is 13.6 Å². The molecule has 0 aromatic heterocycles. The first-order valence-electron chi connectivity index (χ1n) is 3.67. The predicted molar refractivity (Wildman–Crippen MR) is 47.1 cm³/mol. The Balaban J connectivity index is 0. The number of alkyl halides is 2. The van der Waals surface area contributed by atoms with E-state index in [-0.39, 0.29) is 18.9 Å². The minimum Gasteiger partial charge on any atom is -0.543 e. The standard InChI is InChI=1S/C8H7F2O5P.Li/c1-3-5-14-16(13,15-6-4-2)8(9,10)7(11)12;/h1-2H,5-6H2,(H,11,12);/q;+1/p-1. The van der Waals surface area contributed by atoms with Crippen molar-refractivity contribution in [2.45, 2.75) is 5.66 Å². The topological polar surface area (TPSA) is 75.7 Å². The molecule has 17 heavy (non-hydrogen) atoms. The monoisotopic (exact) mass is 258 g/mol. The van der Waals surface area contributed by atoms with Crippen LogP contribution in [-0.2, 0) is 18.4 Å². The summed E-state index contributed by atoms with van der Waals surface area (Å²) in [5.41, 5.74) is -4.82. The maximum absolute atomic E-state index is 12.9. The molecule has 0 rings (SSSR count). The van der Waals surface area contributed by atoms with Gasteiger partial charge in [-0.15, -0.1) is 12.8 Å². The number of carbonyl (C=O) groups excluding carboxylic acids is 1. The average molecular weight is 258 g/mol. The maximum Gasteiger partial charge on any atom is 1.00 e. The molecule has 5 nitrogen and oxygen atoms in total. The van der Waals surface area contributed by atoms with Crippen molar-refractivity contribution in [3.8, 4) is 24.7 Å². The van der Waals surface area contributed by atoms with Crippen LogP contribution in [0.25, 0.3) is 0 Å². The van der Waals surface area contributed by atoms with Crippen molar-refractivity contribution in [3.63, 3.8) is 0 Å². The van der Waals surface area contributed by atoms with Gasteiger partial charge >= 0.3 is 32.1 Å². The Bertz CT molecular complexity index is 376. The van der Waals surface area contributed by atoms with E-state index in [1.54, 1.807) is 11.8 Å². The van der Waals surface area contributed by atoms with Crippen molar-refractivity contribution in [2.75, 3.05) is 13.2 Å². The molecule has 0 spiro atoms. The Kier molecular flexibility index (Phi) is 8.20. The third-order valence-corrected chi connectivity index (χ3v) is 3.03. The minimum absolute atomic E-state index is 0. The minimum atomic E-state index is -5.29. The molecule has 0 saturated carbocycles. The number of terminal acetylenes is 2. The van der Waals surface area contributed by atoms with Gasteiger partial charge in [0.2, 0.25) is 0 Å². The van der Waals surface area contributed by atoms with Gasteiger partial charge in [0.15, 0.2) is 0 Å². The van der Waals surface area contributed by atoms with E-state index < -0.39 is 32.4 Å². The van der Waals surface area contributed by atoms with Gasteiger partial charge in [-0.05, 0) is 0 Å². The average Bonchev–Trinajstić information content (AvgIpc) is 2.23. The van der Waals surface area contributed by atoms with E-state index in [1.807, 2.05) is 0 Å². The summed E-state index contributed by atoms with van der Waals surface area (Å²) in [6.07, 6.45) is 9.37. The first kappa shape index (κ1) is 18.6. The van der Waals surface area contributed by atoms with Crippen LogP contribution in [0.3, 0.4) is 0 Å². The molecule has 0 atom stereocenters. The molecule has 0 unspecified atom stereocenters. The Morgan fingerprint density at radius 1 is 1.29 bits per heavy atom. The molecule has 0 fully saturated rings. The molecule has 0 aromatic carbocycles. The van der Waals surface area contributed by atoms with Crippen molar-refractivity contribution in [1.29, 1.82) is 0 Å². The zero-order valence-electron chi connectivity index (χ0n) is 8.81. The van der Waals surface area contributed by atoms with E-state index in [2.05, 4.69) is 21.9 Å². The molecule has 88 valence electrons. The van der Waals surface area contributed by atoms with Gasteiger partial charge in [-0.2, -0.15) is 8.78 Å². The zero-order valence-corrected chi connectivity index (χ0v) is 9.71. The third kappa shape index (κ3) is 4.52. The van der Waals surface area contributed by atoms with E-state index in [1.165, 1.54) is 0 Å². The second kappa shape index (κ2) is 7.51. The fourth-order valence-corrected chi connectivity index (χ4v) is 1.67. The number of carboxylic acids is 1. The number of halogens is 2. The number of hydrogen-bond acceptors (Lipinski definition) is 5. The van der Waals surface area contributed by atoms with E-state index in [0.717, 1.165) is 0 Å². The summed E-state index contributed by atoms with van der Waals surface area (Å²) in [5.74, 6) is 0.578. The van der Waals surface area contributed by atoms with E-state index in [0.29, 0.717) is 0 Å². The SMILES string of the molecule is C#CCOP(=O)(OCC#C)C(F)(F)C(=O)[O-].[Li+]. The predicted octanol–water partition coefficient (Wildman–Crippen LogP) is -3.17. The molecule has 0 radical (unpaired) electrons. The van der Waals surface area contributed by atoms with E-state index in [4.69, 9.17) is 0 Å². The van der Waals surface area contributed by atoms with Crippen LogP contribution < -0.4 is 24.0 Å². The van der Waals surface area contributed by atoms with Gasteiger partial charge in [0.05, 0.1) is 0 Å². The largest absolute Gasteiger partial charge is 1.00 e. The van der Waals surface area contributed by atoms with Crippen LogP contribution in [0.1, 0.15) is 0 Å². The van der Waals surface area contributed by atoms with E-state index in [9.17, 15) is 23.2 Å². The summed E-state index contributed by atoms with van der Waals surface area (Å²) >= 11 is 0. The zero-order chi connectivity index (χ0) is 12.8. The molecular formula is C8H6F2LiO5P. The van der Waals surface area contributed by atoms with Crippen LogP contribution in [0.5, 0.6) is 0 Å². The molecule has 0 aliphatic rings. The quantitative estimate of drug-likeness (QED) is 0.285. The molecule has 0 N–H and O–H groups in total. The van der Waals surface area contributed by atoms with Crippen LogP contribution in [0.15, 0.2) is 0 Å². The summed E-state index contributed by atoms with van der Waals surface area (Å²) < 4.78 is 45.3.